The second-order valence-electron chi connectivity index (χ2n) is 4.25. The molecule has 6 heteroatoms. The van der Waals surface area contributed by atoms with Crippen LogP contribution in [0.2, 0.25) is 0 Å². The third kappa shape index (κ3) is 2.32. The maximum absolute atomic E-state index is 9.23. The highest BCUT2D eigenvalue weighted by atomic mass is 16.5. The van der Waals surface area contributed by atoms with Crippen LogP contribution in [0, 0.1) is 11.3 Å². The summed E-state index contributed by atoms with van der Waals surface area (Å²) in [4.78, 5) is 4.08. The molecule has 6 nitrogen and oxygen atoms in total. The third-order valence-electron chi connectivity index (χ3n) is 3.01. The largest absolute Gasteiger partial charge is 0.497 e. The lowest BCUT2D eigenvalue weighted by Crippen LogP contribution is -2.00. The van der Waals surface area contributed by atoms with Gasteiger partial charge in [0, 0.05) is 24.0 Å². The van der Waals surface area contributed by atoms with Crippen molar-refractivity contribution >= 4 is 0 Å². The zero-order valence-corrected chi connectivity index (χ0v) is 11.3. The predicted molar refractivity (Wildman–Crippen MR) is 75.9 cm³/mol. The van der Waals surface area contributed by atoms with Gasteiger partial charge in [-0.15, -0.1) is 5.10 Å². The molecule has 2 heterocycles. The van der Waals surface area contributed by atoms with E-state index in [2.05, 4.69) is 21.4 Å². The zero-order valence-electron chi connectivity index (χ0n) is 11.3. The molecule has 0 aliphatic heterocycles. The molecule has 0 atom stereocenters. The fraction of sp³-hybridized carbons (Fsp3) is 0.0667. The summed E-state index contributed by atoms with van der Waals surface area (Å²) in [6.07, 6.45) is 3.35. The smallest absolute Gasteiger partial charge is 0.191 e. The minimum Gasteiger partial charge on any atom is -0.497 e. The second kappa shape index (κ2) is 5.43. The first-order chi connectivity index (χ1) is 10.3. The van der Waals surface area contributed by atoms with Crippen molar-refractivity contribution in [3.05, 3.63) is 54.5 Å². The number of pyridine rings is 1. The Morgan fingerprint density at radius 3 is 2.86 bits per heavy atom. The quantitative estimate of drug-likeness (QED) is 0.733. The summed E-state index contributed by atoms with van der Waals surface area (Å²) < 4.78 is 6.83. The first kappa shape index (κ1) is 12.8. The molecule has 0 saturated carbocycles. The SMILES string of the molecule is COc1cccc(-n2nnc(C#N)c2-c2cccnc2)c1. The van der Waals surface area contributed by atoms with Gasteiger partial charge in [-0.25, -0.2) is 4.68 Å². The number of benzene rings is 1. The third-order valence-corrected chi connectivity index (χ3v) is 3.01. The number of hydrogen-bond acceptors (Lipinski definition) is 5. The molecule has 0 unspecified atom stereocenters. The zero-order chi connectivity index (χ0) is 14.7. The number of nitriles is 1. The minimum absolute atomic E-state index is 0.255. The topological polar surface area (TPSA) is 76.6 Å². The first-order valence-corrected chi connectivity index (χ1v) is 6.24. The molecule has 0 saturated heterocycles. The molecule has 3 aromatic rings. The number of aromatic nitrogens is 4. The van der Waals surface area contributed by atoms with Crippen LogP contribution in [0.3, 0.4) is 0 Å². The number of rotatable bonds is 3. The standard InChI is InChI=1S/C15H11N5O/c1-21-13-6-2-5-12(8-13)20-15(14(9-16)18-19-20)11-4-3-7-17-10-11/h2-8,10H,1H3. The van der Waals surface area contributed by atoms with Gasteiger partial charge in [-0.05, 0) is 24.3 Å². The molecule has 0 fully saturated rings. The highest BCUT2D eigenvalue weighted by molar-refractivity contribution is 5.66. The van der Waals surface area contributed by atoms with Crippen LogP contribution in [0.15, 0.2) is 48.8 Å². The fourth-order valence-corrected chi connectivity index (χ4v) is 2.04. The molecule has 0 bridgehead atoms. The molecule has 0 radical (unpaired) electrons. The molecule has 0 spiro atoms. The Morgan fingerprint density at radius 2 is 2.14 bits per heavy atom. The van der Waals surface area contributed by atoms with Gasteiger partial charge in [0.15, 0.2) is 5.69 Å². The van der Waals surface area contributed by atoms with E-state index < -0.39 is 0 Å². The van der Waals surface area contributed by atoms with Crippen molar-refractivity contribution in [1.29, 1.82) is 5.26 Å². The molecule has 0 amide bonds. The van der Waals surface area contributed by atoms with E-state index in [1.807, 2.05) is 30.3 Å². The first-order valence-electron chi connectivity index (χ1n) is 6.24. The van der Waals surface area contributed by atoms with Gasteiger partial charge in [0.05, 0.1) is 12.8 Å². The molecule has 0 aliphatic rings. The monoisotopic (exact) mass is 277 g/mol. The lowest BCUT2D eigenvalue weighted by atomic mass is 10.1. The van der Waals surface area contributed by atoms with E-state index in [9.17, 15) is 5.26 Å². The van der Waals surface area contributed by atoms with Gasteiger partial charge >= 0.3 is 0 Å². The van der Waals surface area contributed by atoms with Crippen LogP contribution in [0.5, 0.6) is 5.75 Å². The van der Waals surface area contributed by atoms with E-state index in [-0.39, 0.29) is 5.69 Å². The summed E-state index contributed by atoms with van der Waals surface area (Å²) in [7, 11) is 1.60. The molecule has 21 heavy (non-hydrogen) atoms. The Balaban J connectivity index is 2.20. The van der Waals surface area contributed by atoms with Crippen LogP contribution in [-0.2, 0) is 0 Å². The molecule has 0 aliphatic carbocycles. The number of nitrogens with zero attached hydrogens (tertiary/aromatic N) is 5. The summed E-state index contributed by atoms with van der Waals surface area (Å²) in [5.41, 5.74) is 2.41. The Morgan fingerprint density at radius 1 is 1.24 bits per heavy atom. The lowest BCUT2D eigenvalue weighted by Gasteiger charge is -2.07. The van der Waals surface area contributed by atoms with Gasteiger partial charge in [0.2, 0.25) is 0 Å². The summed E-state index contributed by atoms with van der Waals surface area (Å²) in [5, 5.41) is 17.2. The van der Waals surface area contributed by atoms with Crippen molar-refractivity contribution in [1.82, 2.24) is 20.0 Å². The van der Waals surface area contributed by atoms with Gasteiger partial charge < -0.3 is 4.74 Å². The van der Waals surface area contributed by atoms with Crippen LogP contribution in [0.4, 0.5) is 0 Å². The minimum atomic E-state index is 0.255. The highest BCUT2D eigenvalue weighted by Gasteiger charge is 2.16. The predicted octanol–water partition coefficient (Wildman–Crippen LogP) is 2.21. The van der Waals surface area contributed by atoms with Gasteiger partial charge in [-0.1, -0.05) is 11.3 Å². The molecule has 2 aromatic heterocycles. The van der Waals surface area contributed by atoms with E-state index in [1.54, 1.807) is 30.3 Å². The number of hydrogen-bond donors (Lipinski definition) is 0. The van der Waals surface area contributed by atoms with Crippen LogP contribution >= 0.6 is 0 Å². The van der Waals surface area contributed by atoms with Crippen molar-refractivity contribution in [3.8, 4) is 28.8 Å². The average Bonchev–Trinajstić information content (AvgIpc) is 2.99. The van der Waals surface area contributed by atoms with Gasteiger partial charge in [-0.3, -0.25) is 4.98 Å². The lowest BCUT2D eigenvalue weighted by molar-refractivity contribution is 0.414. The Hall–Kier alpha value is -3.20. The summed E-state index contributed by atoms with van der Waals surface area (Å²) in [6, 6.07) is 13.1. The highest BCUT2D eigenvalue weighted by Crippen LogP contribution is 2.25. The molecule has 1 aromatic carbocycles. The van der Waals surface area contributed by atoms with E-state index in [0.717, 1.165) is 11.3 Å². The van der Waals surface area contributed by atoms with Gasteiger partial charge in [0.25, 0.3) is 0 Å². The van der Waals surface area contributed by atoms with E-state index in [4.69, 9.17) is 4.74 Å². The summed E-state index contributed by atoms with van der Waals surface area (Å²) in [5.74, 6) is 0.707. The van der Waals surface area contributed by atoms with Crippen molar-refractivity contribution in [3.63, 3.8) is 0 Å². The Kier molecular flexibility index (Phi) is 3.31. The van der Waals surface area contributed by atoms with Crippen LogP contribution in [0.1, 0.15) is 5.69 Å². The van der Waals surface area contributed by atoms with Crippen molar-refractivity contribution in [2.75, 3.05) is 7.11 Å². The Bertz CT molecular complexity index is 804. The van der Waals surface area contributed by atoms with Crippen molar-refractivity contribution in [2.45, 2.75) is 0 Å². The van der Waals surface area contributed by atoms with Crippen LogP contribution in [-0.4, -0.2) is 27.1 Å². The van der Waals surface area contributed by atoms with Crippen LogP contribution in [0.25, 0.3) is 16.9 Å². The molecular formula is C15H11N5O. The molecule has 3 rings (SSSR count). The summed E-state index contributed by atoms with van der Waals surface area (Å²) >= 11 is 0. The second-order valence-corrected chi connectivity index (χ2v) is 4.25. The number of ether oxygens (including phenoxy) is 1. The van der Waals surface area contributed by atoms with Crippen LogP contribution < -0.4 is 4.74 Å². The fourth-order valence-electron chi connectivity index (χ4n) is 2.04. The normalized spacial score (nSPS) is 10.1. The molecular weight excluding hydrogens is 266 g/mol. The maximum atomic E-state index is 9.23. The summed E-state index contributed by atoms with van der Waals surface area (Å²) in [6.45, 7) is 0. The van der Waals surface area contributed by atoms with E-state index in [1.165, 1.54) is 0 Å². The van der Waals surface area contributed by atoms with Crippen molar-refractivity contribution in [2.24, 2.45) is 0 Å². The Labute approximate surface area is 121 Å². The average molecular weight is 277 g/mol. The number of methoxy groups -OCH3 is 1. The van der Waals surface area contributed by atoms with Gasteiger partial charge in [-0.2, -0.15) is 5.26 Å². The maximum Gasteiger partial charge on any atom is 0.191 e. The van der Waals surface area contributed by atoms with E-state index >= 15 is 0 Å². The van der Waals surface area contributed by atoms with Crippen molar-refractivity contribution < 1.29 is 4.74 Å². The molecule has 0 N–H and O–H groups in total. The van der Waals surface area contributed by atoms with E-state index in [0.29, 0.717) is 11.4 Å². The molecule has 102 valence electrons. The van der Waals surface area contributed by atoms with Gasteiger partial charge in [0.1, 0.15) is 17.5 Å².